The molecule has 0 amide bonds. The first-order valence-electron chi connectivity index (χ1n) is 5.42. The van der Waals surface area contributed by atoms with Crippen molar-refractivity contribution >= 4 is 33.1 Å². The molecule has 0 aromatic carbocycles. The maximum atomic E-state index is 5.89. The van der Waals surface area contributed by atoms with E-state index in [0.29, 0.717) is 11.7 Å². The molecule has 2 aromatic heterocycles. The normalized spacial score (nSPS) is 11.1. The molecule has 0 atom stereocenters. The number of anilines is 1. The SMILES string of the molecule is CC(C)c1nc(Cc2cccs2)nc(N)c1Br. The standard InChI is InChI=1S/C12H14BrN3S/c1-7(2)11-10(13)12(14)16-9(15-11)6-8-4-3-5-17-8/h3-5,7H,6H2,1-2H3,(H2,14,15,16). The molecule has 0 unspecified atom stereocenters. The average Bonchev–Trinajstić information content (AvgIpc) is 2.75. The monoisotopic (exact) mass is 311 g/mol. The van der Waals surface area contributed by atoms with Crippen molar-refractivity contribution < 1.29 is 0 Å². The van der Waals surface area contributed by atoms with E-state index >= 15 is 0 Å². The summed E-state index contributed by atoms with van der Waals surface area (Å²) in [6, 6.07) is 4.12. The second-order valence-corrected chi connectivity index (χ2v) is 5.96. The van der Waals surface area contributed by atoms with Gasteiger partial charge >= 0.3 is 0 Å². The van der Waals surface area contributed by atoms with Crippen LogP contribution in [0.3, 0.4) is 0 Å². The van der Waals surface area contributed by atoms with Crippen LogP contribution in [0.25, 0.3) is 0 Å². The van der Waals surface area contributed by atoms with Crippen molar-refractivity contribution in [2.75, 3.05) is 5.73 Å². The van der Waals surface area contributed by atoms with Crippen molar-refractivity contribution in [3.8, 4) is 0 Å². The molecule has 0 aliphatic heterocycles. The van der Waals surface area contributed by atoms with Gasteiger partial charge in [0.15, 0.2) is 0 Å². The number of aromatic nitrogens is 2. The van der Waals surface area contributed by atoms with Crippen LogP contribution in [0.4, 0.5) is 5.82 Å². The number of nitrogens with two attached hydrogens (primary N) is 1. The van der Waals surface area contributed by atoms with Gasteiger partial charge < -0.3 is 5.73 Å². The highest BCUT2D eigenvalue weighted by Crippen LogP contribution is 2.27. The summed E-state index contributed by atoms with van der Waals surface area (Å²) in [4.78, 5) is 10.1. The van der Waals surface area contributed by atoms with Crippen molar-refractivity contribution in [2.24, 2.45) is 0 Å². The third-order valence-electron chi connectivity index (χ3n) is 2.41. The molecule has 5 heteroatoms. The van der Waals surface area contributed by atoms with Crippen LogP contribution in [0.2, 0.25) is 0 Å². The zero-order valence-corrected chi connectivity index (χ0v) is 12.2. The van der Waals surface area contributed by atoms with Gasteiger partial charge in [-0.1, -0.05) is 19.9 Å². The van der Waals surface area contributed by atoms with Crippen molar-refractivity contribution in [3.05, 3.63) is 38.4 Å². The Bertz CT molecular complexity index is 509. The lowest BCUT2D eigenvalue weighted by Gasteiger charge is -2.11. The number of hydrogen-bond acceptors (Lipinski definition) is 4. The number of nitrogen functional groups attached to an aromatic ring is 1. The number of rotatable bonds is 3. The van der Waals surface area contributed by atoms with Crippen molar-refractivity contribution in [3.63, 3.8) is 0 Å². The molecule has 3 nitrogen and oxygen atoms in total. The molecular formula is C12H14BrN3S. The van der Waals surface area contributed by atoms with E-state index in [2.05, 4.69) is 51.2 Å². The second-order valence-electron chi connectivity index (χ2n) is 4.14. The van der Waals surface area contributed by atoms with Gasteiger partial charge in [-0.25, -0.2) is 9.97 Å². The Morgan fingerprint density at radius 2 is 2.18 bits per heavy atom. The van der Waals surface area contributed by atoms with E-state index in [-0.39, 0.29) is 0 Å². The lowest BCUT2D eigenvalue weighted by atomic mass is 10.1. The van der Waals surface area contributed by atoms with Crippen LogP contribution < -0.4 is 5.73 Å². The van der Waals surface area contributed by atoms with Crippen LogP contribution >= 0.6 is 27.3 Å². The van der Waals surface area contributed by atoms with Gasteiger partial charge in [-0.05, 0) is 33.3 Å². The van der Waals surface area contributed by atoms with E-state index in [1.54, 1.807) is 11.3 Å². The largest absolute Gasteiger partial charge is 0.383 e. The Balaban J connectivity index is 2.35. The van der Waals surface area contributed by atoms with Crippen LogP contribution in [-0.2, 0) is 6.42 Å². The first-order chi connectivity index (χ1) is 8.08. The predicted octanol–water partition coefficient (Wildman–Crippen LogP) is 3.60. The molecule has 17 heavy (non-hydrogen) atoms. The Labute approximate surface area is 113 Å². The molecule has 2 N–H and O–H groups in total. The minimum atomic E-state index is 0.330. The minimum absolute atomic E-state index is 0.330. The average molecular weight is 312 g/mol. The molecule has 0 aliphatic carbocycles. The molecule has 90 valence electrons. The molecular weight excluding hydrogens is 298 g/mol. The fourth-order valence-corrected chi connectivity index (χ4v) is 2.90. The smallest absolute Gasteiger partial charge is 0.141 e. The van der Waals surface area contributed by atoms with Crippen molar-refractivity contribution in [1.82, 2.24) is 9.97 Å². The summed E-state index contributed by atoms with van der Waals surface area (Å²) >= 11 is 5.15. The topological polar surface area (TPSA) is 51.8 Å². The number of halogens is 1. The predicted molar refractivity (Wildman–Crippen MR) is 75.4 cm³/mol. The summed E-state index contributed by atoms with van der Waals surface area (Å²) in [6.07, 6.45) is 0.745. The van der Waals surface area contributed by atoms with Gasteiger partial charge in [0.25, 0.3) is 0 Å². The molecule has 0 saturated heterocycles. The van der Waals surface area contributed by atoms with E-state index in [4.69, 9.17) is 5.73 Å². The Morgan fingerprint density at radius 1 is 1.41 bits per heavy atom. The zero-order chi connectivity index (χ0) is 12.4. The van der Waals surface area contributed by atoms with E-state index in [9.17, 15) is 0 Å². The van der Waals surface area contributed by atoms with Crippen molar-refractivity contribution in [2.45, 2.75) is 26.2 Å². The molecule has 0 fully saturated rings. The minimum Gasteiger partial charge on any atom is -0.383 e. The summed E-state index contributed by atoms with van der Waals surface area (Å²) < 4.78 is 0.822. The second kappa shape index (κ2) is 5.14. The molecule has 0 bridgehead atoms. The summed E-state index contributed by atoms with van der Waals surface area (Å²) in [5.74, 6) is 1.64. The molecule has 2 rings (SSSR count). The lowest BCUT2D eigenvalue weighted by molar-refractivity contribution is 0.788. The van der Waals surface area contributed by atoms with Gasteiger partial charge in [-0.15, -0.1) is 11.3 Å². The van der Waals surface area contributed by atoms with Gasteiger partial charge in [-0.3, -0.25) is 0 Å². The Hall–Kier alpha value is -0.940. The van der Waals surface area contributed by atoms with Gasteiger partial charge in [0.1, 0.15) is 11.6 Å². The van der Waals surface area contributed by atoms with Gasteiger partial charge in [0.2, 0.25) is 0 Å². The molecule has 0 saturated carbocycles. The van der Waals surface area contributed by atoms with E-state index in [1.165, 1.54) is 4.88 Å². The first kappa shape index (κ1) is 12.5. The molecule has 2 aromatic rings. The van der Waals surface area contributed by atoms with Crippen LogP contribution in [0.15, 0.2) is 22.0 Å². The third kappa shape index (κ3) is 2.84. The highest BCUT2D eigenvalue weighted by molar-refractivity contribution is 9.10. The fraction of sp³-hybridized carbons (Fsp3) is 0.333. The summed E-state index contributed by atoms with van der Waals surface area (Å²) in [5.41, 5.74) is 6.87. The maximum absolute atomic E-state index is 5.89. The van der Waals surface area contributed by atoms with Gasteiger partial charge in [-0.2, -0.15) is 0 Å². The Kier molecular flexibility index (Phi) is 3.79. The zero-order valence-electron chi connectivity index (χ0n) is 9.77. The van der Waals surface area contributed by atoms with E-state index in [0.717, 1.165) is 22.4 Å². The fourth-order valence-electron chi connectivity index (χ4n) is 1.56. The van der Waals surface area contributed by atoms with Crippen molar-refractivity contribution in [1.29, 1.82) is 0 Å². The molecule has 0 spiro atoms. The Morgan fingerprint density at radius 3 is 2.76 bits per heavy atom. The number of hydrogen-bond donors (Lipinski definition) is 1. The number of nitrogens with zero attached hydrogens (tertiary/aromatic N) is 2. The summed E-state index contributed by atoms with van der Waals surface area (Å²) in [6.45, 7) is 4.20. The molecule has 2 heterocycles. The highest BCUT2D eigenvalue weighted by Gasteiger charge is 2.13. The quantitative estimate of drug-likeness (QED) is 0.942. The number of thiophene rings is 1. The lowest BCUT2D eigenvalue weighted by Crippen LogP contribution is -2.06. The van der Waals surface area contributed by atoms with E-state index in [1.807, 2.05) is 6.07 Å². The highest BCUT2D eigenvalue weighted by atomic mass is 79.9. The summed E-state index contributed by atoms with van der Waals surface area (Å²) in [5, 5.41) is 2.06. The first-order valence-corrected chi connectivity index (χ1v) is 7.09. The van der Waals surface area contributed by atoms with Crippen LogP contribution in [0.5, 0.6) is 0 Å². The van der Waals surface area contributed by atoms with Crippen LogP contribution in [0.1, 0.15) is 36.2 Å². The molecule has 0 radical (unpaired) electrons. The van der Waals surface area contributed by atoms with Crippen LogP contribution in [0, 0.1) is 0 Å². The maximum Gasteiger partial charge on any atom is 0.141 e. The van der Waals surface area contributed by atoms with Gasteiger partial charge in [0.05, 0.1) is 10.2 Å². The summed E-state index contributed by atoms with van der Waals surface area (Å²) in [7, 11) is 0. The third-order valence-corrected chi connectivity index (χ3v) is 4.10. The van der Waals surface area contributed by atoms with Gasteiger partial charge in [0, 0.05) is 11.3 Å². The van der Waals surface area contributed by atoms with Crippen LogP contribution in [-0.4, -0.2) is 9.97 Å². The molecule has 0 aliphatic rings. The van der Waals surface area contributed by atoms with E-state index < -0.39 is 0 Å².